The number of aliphatic hydroxyl groups excluding tert-OH is 1. The van der Waals surface area contributed by atoms with Crippen LogP contribution in [0.3, 0.4) is 0 Å². The van der Waals surface area contributed by atoms with Crippen LogP contribution in [0.2, 0.25) is 0 Å². The summed E-state index contributed by atoms with van der Waals surface area (Å²) in [5, 5.41) is 12.5. The number of ether oxygens (including phenoxy) is 2. The summed E-state index contributed by atoms with van der Waals surface area (Å²) in [7, 11) is 1.63. The summed E-state index contributed by atoms with van der Waals surface area (Å²) in [6.07, 6.45) is 3.33. The third-order valence-electron chi connectivity index (χ3n) is 5.34. The Morgan fingerprint density at radius 1 is 1.22 bits per heavy atom. The van der Waals surface area contributed by atoms with Gasteiger partial charge in [0.1, 0.15) is 5.75 Å². The van der Waals surface area contributed by atoms with Gasteiger partial charge in [-0.05, 0) is 43.4 Å². The number of hydrogen-bond acceptors (Lipinski definition) is 4. The largest absolute Gasteiger partial charge is 0.497 e. The average Bonchev–Trinajstić information content (AvgIpc) is 3.41. The first-order chi connectivity index (χ1) is 11.1. The van der Waals surface area contributed by atoms with Gasteiger partial charge in [0.25, 0.3) is 0 Å². The van der Waals surface area contributed by atoms with E-state index in [0.717, 1.165) is 24.2 Å². The molecule has 1 heterocycles. The Balaban J connectivity index is 1.79. The summed E-state index contributed by atoms with van der Waals surface area (Å²) in [6.45, 7) is 1.88. The highest BCUT2D eigenvalue weighted by Crippen LogP contribution is 2.44. The molecule has 1 aromatic rings. The quantitative estimate of drug-likeness (QED) is 0.836. The third kappa shape index (κ3) is 3.21. The van der Waals surface area contributed by atoms with E-state index in [2.05, 4.69) is 5.32 Å². The van der Waals surface area contributed by atoms with Crippen LogP contribution in [0.25, 0.3) is 0 Å². The Bertz CT molecular complexity index is 545. The molecular weight excluding hydrogens is 294 g/mol. The Kier molecular flexibility index (Phi) is 4.60. The molecule has 1 aromatic carbocycles. The molecule has 23 heavy (non-hydrogen) atoms. The van der Waals surface area contributed by atoms with Crippen molar-refractivity contribution in [2.45, 2.75) is 31.1 Å². The summed E-state index contributed by atoms with van der Waals surface area (Å²) in [5.74, 6) is 0.833. The van der Waals surface area contributed by atoms with Crippen LogP contribution in [0, 0.1) is 5.41 Å². The van der Waals surface area contributed by atoms with Gasteiger partial charge in [-0.15, -0.1) is 0 Å². The van der Waals surface area contributed by atoms with Crippen molar-refractivity contribution in [3.05, 3.63) is 29.8 Å². The zero-order chi connectivity index (χ0) is 16.3. The SMILES string of the molecule is COc1ccc(C2(C(=O)NCC3(CO)CC3)CCOCC2)cc1. The average molecular weight is 319 g/mol. The van der Waals surface area contributed by atoms with E-state index >= 15 is 0 Å². The molecule has 0 radical (unpaired) electrons. The fourth-order valence-corrected chi connectivity index (χ4v) is 3.28. The van der Waals surface area contributed by atoms with Crippen molar-refractivity contribution in [1.82, 2.24) is 5.32 Å². The first-order valence-electron chi connectivity index (χ1n) is 8.26. The van der Waals surface area contributed by atoms with Crippen molar-refractivity contribution in [2.24, 2.45) is 5.41 Å². The lowest BCUT2D eigenvalue weighted by Gasteiger charge is -2.36. The molecule has 1 saturated carbocycles. The van der Waals surface area contributed by atoms with E-state index in [1.165, 1.54) is 0 Å². The van der Waals surface area contributed by atoms with E-state index < -0.39 is 5.41 Å². The summed E-state index contributed by atoms with van der Waals surface area (Å²) < 4.78 is 10.7. The molecule has 0 aromatic heterocycles. The van der Waals surface area contributed by atoms with Gasteiger partial charge in [-0.1, -0.05) is 12.1 Å². The third-order valence-corrected chi connectivity index (χ3v) is 5.34. The number of benzene rings is 1. The van der Waals surface area contributed by atoms with Crippen LogP contribution in [0.4, 0.5) is 0 Å². The Morgan fingerprint density at radius 3 is 2.39 bits per heavy atom. The van der Waals surface area contributed by atoms with Crippen LogP contribution in [-0.2, 0) is 14.9 Å². The first-order valence-corrected chi connectivity index (χ1v) is 8.26. The second-order valence-corrected chi connectivity index (χ2v) is 6.76. The molecule has 2 N–H and O–H groups in total. The highest BCUT2D eigenvalue weighted by Gasteiger charge is 2.45. The van der Waals surface area contributed by atoms with Crippen LogP contribution in [0.15, 0.2) is 24.3 Å². The molecule has 2 aliphatic rings. The Morgan fingerprint density at radius 2 is 1.87 bits per heavy atom. The maximum atomic E-state index is 13.0. The highest BCUT2D eigenvalue weighted by atomic mass is 16.5. The minimum atomic E-state index is -0.546. The molecule has 3 rings (SSSR count). The molecule has 5 heteroatoms. The Hall–Kier alpha value is -1.59. The van der Waals surface area contributed by atoms with Gasteiger partial charge >= 0.3 is 0 Å². The van der Waals surface area contributed by atoms with E-state index in [4.69, 9.17) is 9.47 Å². The van der Waals surface area contributed by atoms with Gasteiger partial charge in [0.15, 0.2) is 0 Å². The second-order valence-electron chi connectivity index (χ2n) is 6.76. The van der Waals surface area contributed by atoms with Gasteiger partial charge in [0.05, 0.1) is 19.1 Å². The van der Waals surface area contributed by atoms with Gasteiger partial charge in [-0.3, -0.25) is 4.79 Å². The van der Waals surface area contributed by atoms with Gasteiger partial charge in [-0.2, -0.15) is 0 Å². The predicted octanol–water partition coefficient (Wildman–Crippen LogP) is 1.63. The fraction of sp³-hybridized carbons (Fsp3) is 0.611. The molecule has 1 saturated heterocycles. The number of hydrogen-bond donors (Lipinski definition) is 2. The molecule has 1 aliphatic heterocycles. The van der Waals surface area contributed by atoms with Gasteiger partial charge < -0.3 is 19.9 Å². The monoisotopic (exact) mass is 319 g/mol. The molecule has 0 bridgehead atoms. The molecule has 0 atom stereocenters. The molecule has 0 unspecified atom stereocenters. The van der Waals surface area contributed by atoms with Crippen molar-refractivity contribution < 1.29 is 19.4 Å². The standard InChI is InChI=1S/C18H25NO4/c1-22-15-4-2-14(3-5-15)18(8-10-23-11-9-18)16(21)19-12-17(13-20)6-7-17/h2-5,20H,6-13H2,1H3,(H,19,21). The molecule has 5 nitrogen and oxygen atoms in total. The van der Waals surface area contributed by atoms with E-state index in [9.17, 15) is 9.90 Å². The molecule has 1 amide bonds. The minimum absolute atomic E-state index is 0.0469. The van der Waals surface area contributed by atoms with E-state index in [0.29, 0.717) is 32.6 Å². The van der Waals surface area contributed by atoms with Crippen LogP contribution in [0.5, 0.6) is 5.75 Å². The van der Waals surface area contributed by atoms with Crippen molar-refractivity contribution in [3.8, 4) is 5.75 Å². The van der Waals surface area contributed by atoms with Crippen LogP contribution < -0.4 is 10.1 Å². The first kappa shape index (κ1) is 16.3. The van der Waals surface area contributed by atoms with Crippen molar-refractivity contribution >= 4 is 5.91 Å². The van der Waals surface area contributed by atoms with Crippen molar-refractivity contribution in [2.75, 3.05) is 33.5 Å². The zero-order valence-corrected chi connectivity index (χ0v) is 13.6. The molecule has 2 fully saturated rings. The van der Waals surface area contributed by atoms with E-state index in [1.807, 2.05) is 24.3 Å². The summed E-state index contributed by atoms with van der Waals surface area (Å²) >= 11 is 0. The normalized spacial score (nSPS) is 21.5. The number of amides is 1. The second kappa shape index (κ2) is 6.49. The molecule has 1 aliphatic carbocycles. The summed E-state index contributed by atoms with van der Waals surface area (Å²) in [4.78, 5) is 13.0. The topological polar surface area (TPSA) is 67.8 Å². The minimum Gasteiger partial charge on any atom is -0.497 e. The van der Waals surface area contributed by atoms with E-state index in [1.54, 1.807) is 7.11 Å². The lowest BCUT2D eigenvalue weighted by Crippen LogP contribution is -2.49. The zero-order valence-electron chi connectivity index (χ0n) is 13.6. The number of aliphatic hydroxyl groups is 1. The maximum Gasteiger partial charge on any atom is 0.230 e. The predicted molar refractivity (Wildman–Crippen MR) is 86.5 cm³/mol. The summed E-state index contributed by atoms with van der Waals surface area (Å²) in [5.41, 5.74) is 0.380. The maximum absolute atomic E-state index is 13.0. The smallest absolute Gasteiger partial charge is 0.230 e. The van der Waals surface area contributed by atoms with E-state index in [-0.39, 0.29) is 17.9 Å². The number of rotatable bonds is 6. The van der Waals surface area contributed by atoms with Crippen LogP contribution in [0.1, 0.15) is 31.2 Å². The number of carbonyl (C=O) groups excluding carboxylic acids is 1. The highest BCUT2D eigenvalue weighted by molar-refractivity contribution is 5.88. The van der Waals surface area contributed by atoms with Gasteiger partial charge in [-0.25, -0.2) is 0 Å². The fourth-order valence-electron chi connectivity index (χ4n) is 3.28. The molecule has 0 spiro atoms. The van der Waals surface area contributed by atoms with Gasteiger partial charge in [0.2, 0.25) is 5.91 Å². The van der Waals surface area contributed by atoms with Gasteiger partial charge in [0, 0.05) is 25.2 Å². The number of methoxy groups -OCH3 is 1. The van der Waals surface area contributed by atoms with Crippen molar-refractivity contribution in [3.63, 3.8) is 0 Å². The molecular formula is C18H25NO4. The van der Waals surface area contributed by atoms with Crippen molar-refractivity contribution in [1.29, 1.82) is 0 Å². The molecule has 126 valence electrons. The lowest BCUT2D eigenvalue weighted by molar-refractivity contribution is -0.130. The summed E-state index contributed by atoms with van der Waals surface area (Å²) in [6, 6.07) is 7.75. The number of nitrogens with one attached hydrogen (secondary N) is 1. The Labute approximate surface area is 137 Å². The lowest BCUT2D eigenvalue weighted by atomic mass is 9.73. The van der Waals surface area contributed by atoms with Crippen LogP contribution in [-0.4, -0.2) is 44.5 Å². The van der Waals surface area contributed by atoms with Crippen LogP contribution >= 0.6 is 0 Å². The number of carbonyl (C=O) groups is 1.